The Morgan fingerprint density at radius 2 is 1.86 bits per heavy atom. The number of ether oxygens (including phenoxy) is 2. The van der Waals surface area contributed by atoms with Crippen molar-refractivity contribution in [2.24, 2.45) is 4.99 Å². The van der Waals surface area contributed by atoms with Gasteiger partial charge >= 0.3 is 0 Å². The number of benzene rings is 2. The Labute approximate surface area is 177 Å². The summed E-state index contributed by atoms with van der Waals surface area (Å²) in [5, 5.41) is 1.22. The molecule has 0 saturated carbocycles. The van der Waals surface area contributed by atoms with E-state index in [2.05, 4.69) is 37.9 Å². The van der Waals surface area contributed by atoms with Crippen molar-refractivity contribution in [1.82, 2.24) is 4.90 Å². The van der Waals surface area contributed by atoms with Gasteiger partial charge in [-0.2, -0.15) is 0 Å². The van der Waals surface area contributed by atoms with E-state index < -0.39 is 5.60 Å². The maximum atomic E-state index is 6.35. The van der Waals surface area contributed by atoms with Crippen molar-refractivity contribution < 1.29 is 9.47 Å². The Morgan fingerprint density at radius 1 is 1.18 bits per heavy atom. The lowest BCUT2D eigenvalue weighted by Gasteiger charge is -2.42. The minimum absolute atomic E-state index is 0.335. The Kier molecular flexibility index (Phi) is 6.66. The third-order valence-corrected chi connectivity index (χ3v) is 5.86. The summed E-state index contributed by atoms with van der Waals surface area (Å²) in [5.74, 6) is 0. The summed E-state index contributed by atoms with van der Waals surface area (Å²) >= 11 is 12.6. The molecule has 28 heavy (non-hydrogen) atoms. The van der Waals surface area contributed by atoms with E-state index in [1.807, 2.05) is 36.5 Å². The van der Waals surface area contributed by atoms with Crippen LogP contribution in [0.3, 0.4) is 0 Å². The molecule has 0 N–H and O–H groups in total. The molecular formula is C22H26Cl2N2O2. The lowest BCUT2D eigenvalue weighted by molar-refractivity contribution is -0.223. The van der Waals surface area contributed by atoms with Crippen molar-refractivity contribution in [3.05, 3.63) is 62.6 Å². The second-order valence-electron chi connectivity index (χ2n) is 7.25. The van der Waals surface area contributed by atoms with E-state index in [9.17, 15) is 0 Å². The van der Waals surface area contributed by atoms with Crippen molar-refractivity contribution in [3.8, 4) is 0 Å². The minimum atomic E-state index is -0.486. The molecule has 0 unspecified atom stereocenters. The third kappa shape index (κ3) is 4.36. The van der Waals surface area contributed by atoms with E-state index in [-0.39, 0.29) is 0 Å². The van der Waals surface area contributed by atoms with E-state index in [1.165, 1.54) is 0 Å². The SMILES string of the molecule is CCN(C)C=Nc1cc(C)c(C2(OCc3c(Cl)cccc3Cl)COC2)cc1C. The molecule has 0 spiro atoms. The molecule has 0 amide bonds. The van der Waals surface area contributed by atoms with Gasteiger partial charge in [0.2, 0.25) is 0 Å². The largest absolute Gasteiger partial charge is 0.375 e. The first-order valence-electron chi connectivity index (χ1n) is 9.37. The van der Waals surface area contributed by atoms with Crippen molar-refractivity contribution in [3.63, 3.8) is 0 Å². The van der Waals surface area contributed by atoms with Crippen molar-refractivity contribution in [2.45, 2.75) is 33.0 Å². The van der Waals surface area contributed by atoms with Gasteiger partial charge in [-0.25, -0.2) is 4.99 Å². The molecule has 0 bridgehead atoms. The number of hydrogen-bond donors (Lipinski definition) is 0. The predicted molar refractivity (Wildman–Crippen MR) is 116 cm³/mol. The van der Waals surface area contributed by atoms with E-state index >= 15 is 0 Å². The molecule has 1 heterocycles. The Balaban J connectivity index is 1.86. The molecule has 1 aliphatic heterocycles. The highest BCUT2D eigenvalue weighted by Crippen LogP contribution is 2.40. The summed E-state index contributed by atoms with van der Waals surface area (Å²) in [6.07, 6.45) is 1.86. The van der Waals surface area contributed by atoms with Gasteiger partial charge in [-0.1, -0.05) is 35.3 Å². The molecule has 1 aliphatic rings. The topological polar surface area (TPSA) is 34.1 Å². The number of halogens is 2. The van der Waals surface area contributed by atoms with E-state index in [1.54, 1.807) is 0 Å². The summed E-state index contributed by atoms with van der Waals surface area (Å²) in [6, 6.07) is 9.75. The van der Waals surface area contributed by atoms with E-state index in [0.717, 1.165) is 34.5 Å². The first-order chi connectivity index (χ1) is 13.4. The molecule has 0 aromatic heterocycles. The second kappa shape index (κ2) is 8.83. The number of nitrogens with zero attached hydrogens (tertiary/aromatic N) is 2. The van der Waals surface area contributed by atoms with Crippen LogP contribution in [-0.2, 0) is 21.7 Å². The molecule has 0 atom stereocenters. The van der Waals surface area contributed by atoms with Crippen LogP contribution in [-0.4, -0.2) is 38.0 Å². The Hall–Kier alpha value is -1.59. The highest BCUT2D eigenvalue weighted by atomic mass is 35.5. The number of rotatable bonds is 7. The fourth-order valence-electron chi connectivity index (χ4n) is 3.16. The molecular weight excluding hydrogens is 395 g/mol. The number of aliphatic imine (C=N–C) groups is 1. The van der Waals surface area contributed by atoms with Crippen LogP contribution in [0.5, 0.6) is 0 Å². The fraction of sp³-hybridized carbons (Fsp3) is 0.409. The van der Waals surface area contributed by atoms with Gasteiger partial charge in [-0.05, 0) is 55.7 Å². The predicted octanol–water partition coefficient (Wildman–Crippen LogP) is 5.66. The molecule has 150 valence electrons. The molecule has 1 saturated heterocycles. The molecule has 2 aromatic carbocycles. The lowest BCUT2D eigenvalue weighted by atomic mass is 9.86. The average Bonchev–Trinajstić information content (AvgIpc) is 2.63. The van der Waals surface area contributed by atoms with Gasteiger partial charge < -0.3 is 14.4 Å². The van der Waals surface area contributed by atoms with Gasteiger partial charge in [0.05, 0.1) is 31.8 Å². The van der Waals surface area contributed by atoms with Gasteiger partial charge in [0, 0.05) is 29.2 Å². The van der Waals surface area contributed by atoms with Crippen LogP contribution >= 0.6 is 23.2 Å². The van der Waals surface area contributed by atoms with Crippen LogP contribution in [0, 0.1) is 13.8 Å². The van der Waals surface area contributed by atoms with Crippen LogP contribution in [0.25, 0.3) is 0 Å². The maximum Gasteiger partial charge on any atom is 0.140 e. The average molecular weight is 421 g/mol. The first kappa shape index (κ1) is 21.1. The van der Waals surface area contributed by atoms with Gasteiger partial charge in [-0.15, -0.1) is 0 Å². The Morgan fingerprint density at radius 3 is 2.43 bits per heavy atom. The first-order valence-corrected chi connectivity index (χ1v) is 10.1. The van der Waals surface area contributed by atoms with E-state index in [0.29, 0.717) is 29.9 Å². The molecule has 6 heteroatoms. The van der Waals surface area contributed by atoms with Crippen LogP contribution in [0.15, 0.2) is 35.3 Å². The van der Waals surface area contributed by atoms with Crippen LogP contribution < -0.4 is 0 Å². The number of aryl methyl sites for hydroxylation is 2. The minimum Gasteiger partial charge on any atom is -0.375 e. The fourth-order valence-corrected chi connectivity index (χ4v) is 3.66. The zero-order valence-electron chi connectivity index (χ0n) is 16.8. The van der Waals surface area contributed by atoms with Crippen molar-refractivity contribution >= 4 is 35.2 Å². The number of hydrogen-bond acceptors (Lipinski definition) is 3. The summed E-state index contributed by atoms with van der Waals surface area (Å²) in [5.41, 5.74) is 4.64. The summed E-state index contributed by atoms with van der Waals surface area (Å²) in [6.45, 7) is 8.52. The van der Waals surface area contributed by atoms with Gasteiger partial charge in [0.1, 0.15) is 5.60 Å². The van der Waals surface area contributed by atoms with Crippen LogP contribution in [0.4, 0.5) is 5.69 Å². The molecule has 3 rings (SSSR count). The molecule has 1 fully saturated rings. The van der Waals surface area contributed by atoms with Gasteiger partial charge in [0.15, 0.2) is 0 Å². The quantitative estimate of drug-likeness (QED) is 0.427. The highest BCUT2D eigenvalue weighted by Gasteiger charge is 2.43. The van der Waals surface area contributed by atoms with Gasteiger partial charge in [-0.3, -0.25) is 0 Å². The zero-order valence-corrected chi connectivity index (χ0v) is 18.3. The second-order valence-corrected chi connectivity index (χ2v) is 8.06. The summed E-state index contributed by atoms with van der Waals surface area (Å²) < 4.78 is 11.9. The van der Waals surface area contributed by atoms with Crippen LogP contribution in [0.1, 0.15) is 29.2 Å². The third-order valence-electron chi connectivity index (χ3n) is 5.15. The standard InChI is InChI=1S/C22H26Cl2N2O2/c1-5-26(4)14-25-21-10-15(2)18(9-16(21)3)22(12-27-13-22)28-11-17-19(23)7-6-8-20(17)24/h6-10,14H,5,11-13H2,1-4H3. The monoisotopic (exact) mass is 420 g/mol. The van der Waals surface area contributed by atoms with Gasteiger partial charge in [0.25, 0.3) is 0 Å². The Bertz CT molecular complexity index is 859. The molecule has 4 nitrogen and oxygen atoms in total. The maximum absolute atomic E-state index is 6.35. The van der Waals surface area contributed by atoms with E-state index in [4.69, 9.17) is 32.7 Å². The zero-order chi connectivity index (χ0) is 20.3. The lowest BCUT2D eigenvalue weighted by Crippen LogP contribution is -2.49. The van der Waals surface area contributed by atoms with Crippen LogP contribution in [0.2, 0.25) is 10.0 Å². The van der Waals surface area contributed by atoms with Crippen molar-refractivity contribution in [2.75, 3.05) is 26.8 Å². The molecule has 2 aromatic rings. The smallest absolute Gasteiger partial charge is 0.140 e. The molecule has 0 radical (unpaired) electrons. The highest BCUT2D eigenvalue weighted by molar-refractivity contribution is 6.35. The normalized spacial score (nSPS) is 15.6. The van der Waals surface area contributed by atoms with Crippen molar-refractivity contribution in [1.29, 1.82) is 0 Å². The molecule has 0 aliphatic carbocycles. The summed E-state index contributed by atoms with van der Waals surface area (Å²) in [4.78, 5) is 6.66. The summed E-state index contributed by atoms with van der Waals surface area (Å²) in [7, 11) is 2.01.